The zero-order valence-electron chi connectivity index (χ0n) is 13.1. The van der Waals surface area contributed by atoms with Crippen LogP contribution < -0.4 is 22.3 Å². The Morgan fingerprint density at radius 1 is 1.38 bits per heavy atom. The van der Waals surface area contributed by atoms with Crippen LogP contribution in [-0.4, -0.2) is 40.1 Å². The summed E-state index contributed by atoms with van der Waals surface area (Å²) in [6.45, 7) is 3.95. The van der Waals surface area contributed by atoms with Crippen molar-refractivity contribution in [1.29, 1.82) is 0 Å². The van der Waals surface area contributed by atoms with Crippen LogP contribution in [0.15, 0.2) is 9.59 Å². The quantitative estimate of drug-likeness (QED) is 0.757. The molecule has 21 heavy (non-hydrogen) atoms. The summed E-state index contributed by atoms with van der Waals surface area (Å²) in [5.74, 6) is -0.131. The first-order chi connectivity index (χ1) is 9.72. The van der Waals surface area contributed by atoms with E-state index in [9.17, 15) is 14.4 Å². The van der Waals surface area contributed by atoms with Crippen LogP contribution in [-0.2, 0) is 18.4 Å². The summed E-state index contributed by atoms with van der Waals surface area (Å²) in [6.07, 6.45) is 0.702. The van der Waals surface area contributed by atoms with Gasteiger partial charge in [0, 0.05) is 27.7 Å². The summed E-state index contributed by atoms with van der Waals surface area (Å²) < 4.78 is 2.32. The molecule has 8 nitrogen and oxygen atoms in total. The van der Waals surface area contributed by atoms with Gasteiger partial charge >= 0.3 is 5.69 Å². The smallest absolute Gasteiger partial charge is 0.332 e. The highest BCUT2D eigenvalue weighted by atomic mass is 16.2. The molecule has 8 heteroatoms. The molecule has 118 valence electrons. The molecule has 1 atom stereocenters. The number of hydrogen-bond acceptors (Lipinski definition) is 5. The van der Waals surface area contributed by atoms with Crippen molar-refractivity contribution in [3.63, 3.8) is 0 Å². The second-order valence-corrected chi connectivity index (χ2v) is 5.16. The van der Waals surface area contributed by atoms with E-state index < -0.39 is 17.3 Å². The molecule has 0 aromatic carbocycles. The fraction of sp³-hybridized carbons (Fsp3) is 0.615. The molecule has 1 heterocycles. The number of carbonyl (C=O) groups excluding carboxylic acids is 1. The third kappa shape index (κ3) is 3.26. The molecule has 0 fully saturated rings. The standard InChI is InChI=1S/C13H23N5O3/c1-6-7-18-10(14)9(12(20)17(5)13(18)21)15-8(2)11(19)16(3)4/h8,15H,6-7,14H2,1-5H3. The number of rotatable bonds is 5. The summed E-state index contributed by atoms with van der Waals surface area (Å²) in [5.41, 5.74) is 5.00. The summed E-state index contributed by atoms with van der Waals surface area (Å²) in [6, 6.07) is -0.623. The molecule has 1 unspecified atom stereocenters. The van der Waals surface area contributed by atoms with Crippen molar-refractivity contribution >= 4 is 17.4 Å². The van der Waals surface area contributed by atoms with E-state index in [1.54, 1.807) is 21.0 Å². The molecular formula is C13H23N5O3. The van der Waals surface area contributed by atoms with Crippen LogP contribution in [0.4, 0.5) is 11.5 Å². The van der Waals surface area contributed by atoms with Gasteiger partial charge in [-0.2, -0.15) is 0 Å². The maximum absolute atomic E-state index is 12.2. The van der Waals surface area contributed by atoms with E-state index in [4.69, 9.17) is 5.73 Å². The van der Waals surface area contributed by atoms with Gasteiger partial charge in [-0.1, -0.05) is 6.92 Å². The molecule has 0 aliphatic rings. The maximum Gasteiger partial charge on any atom is 0.332 e. The van der Waals surface area contributed by atoms with Crippen molar-refractivity contribution in [2.45, 2.75) is 32.9 Å². The van der Waals surface area contributed by atoms with Crippen LogP contribution in [0.5, 0.6) is 0 Å². The first-order valence-corrected chi connectivity index (χ1v) is 6.79. The Morgan fingerprint density at radius 2 is 1.95 bits per heavy atom. The monoisotopic (exact) mass is 297 g/mol. The van der Waals surface area contributed by atoms with E-state index in [0.717, 1.165) is 4.57 Å². The number of nitrogens with one attached hydrogen (secondary N) is 1. The number of hydrogen-bond donors (Lipinski definition) is 2. The van der Waals surface area contributed by atoms with E-state index in [2.05, 4.69) is 5.32 Å². The van der Waals surface area contributed by atoms with Gasteiger partial charge in [0.25, 0.3) is 5.56 Å². The molecule has 0 spiro atoms. The van der Waals surface area contributed by atoms with Gasteiger partial charge in [-0.15, -0.1) is 0 Å². The lowest BCUT2D eigenvalue weighted by Crippen LogP contribution is -2.44. The highest BCUT2D eigenvalue weighted by molar-refractivity contribution is 5.84. The molecule has 0 saturated heterocycles. The van der Waals surface area contributed by atoms with E-state index in [0.29, 0.717) is 13.0 Å². The largest absolute Gasteiger partial charge is 0.383 e. The minimum absolute atomic E-state index is 0.0587. The second kappa shape index (κ2) is 6.47. The minimum atomic E-state index is -0.623. The molecular weight excluding hydrogens is 274 g/mol. The summed E-state index contributed by atoms with van der Waals surface area (Å²) in [7, 11) is 4.64. The fourth-order valence-electron chi connectivity index (χ4n) is 2.02. The molecule has 3 N–H and O–H groups in total. The Kier molecular flexibility index (Phi) is 5.17. The van der Waals surface area contributed by atoms with Crippen LogP contribution in [0.25, 0.3) is 0 Å². The first kappa shape index (κ1) is 16.8. The molecule has 1 aromatic rings. The summed E-state index contributed by atoms with van der Waals surface area (Å²) in [5, 5.41) is 2.82. The molecule has 0 aliphatic carbocycles. The average Bonchev–Trinajstić information content (AvgIpc) is 2.44. The number of nitrogens with zero attached hydrogens (tertiary/aromatic N) is 3. The van der Waals surface area contributed by atoms with Crippen molar-refractivity contribution in [2.24, 2.45) is 7.05 Å². The van der Waals surface area contributed by atoms with Gasteiger partial charge in [0.15, 0.2) is 0 Å². The predicted molar refractivity (Wildman–Crippen MR) is 82.4 cm³/mol. The molecule has 0 radical (unpaired) electrons. The number of aromatic nitrogens is 2. The van der Waals surface area contributed by atoms with Crippen molar-refractivity contribution in [2.75, 3.05) is 25.1 Å². The van der Waals surface area contributed by atoms with Crippen LogP contribution in [0.3, 0.4) is 0 Å². The highest BCUT2D eigenvalue weighted by Crippen LogP contribution is 2.13. The van der Waals surface area contributed by atoms with Crippen molar-refractivity contribution in [1.82, 2.24) is 14.0 Å². The van der Waals surface area contributed by atoms with Gasteiger partial charge in [-0.25, -0.2) is 4.79 Å². The average molecular weight is 297 g/mol. The lowest BCUT2D eigenvalue weighted by molar-refractivity contribution is -0.129. The zero-order valence-corrected chi connectivity index (χ0v) is 13.1. The highest BCUT2D eigenvalue weighted by Gasteiger charge is 2.20. The second-order valence-electron chi connectivity index (χ2n) is 5.16. The number of carbonyl (C=O) groups is 1. The van der Waals surface area contributed by atoms with Gasteiger partial charge in [0.1, 0.15) is 17.5 Å². The van der Waals surface area contributed by atoms with Crippen molar-refractivity contribution in [3.8, 4) is 0 Å². The van der Waals surface area contributed by atoms with Crippen molar-refractivity contribution < 1.29 is 4.79 Å². The van der Waals surface area contributed by atoms with Crippen LogP contribution in [0, 0.1) is 0 Å². The molecule has 0 saturated carbocycles. The van der Waals surface area contributed by atoms with Crippen LogP contribution in [0.2, 0.25) is 0 Å². The molecule has 0 aliphatic heterocycles. The number of likely N-dealkylation sites (N-methyl/N-ethyl adjacent to an activating group) is 1. The third-order valence-corrected chi connectivity index (χ3v) is 3.20. The molecule has 1 aromatic heterocycles. The van der Waals surface area contributed by atoms with Gasteiger partial charge in [0.05, 0.1) is 0 Å². The Hall–Kier alpha value is -2.25. The van der Waals surface area contributed by atoms with E-state index in [1.807, 2.05) is 6.92 Å². The van der Waals surface area contributed by atoms with Crippen LogP contribution in [0.1, 0.15) is 20.3 Å². The van der Waals surface area contributed by atoms with E-state index in [1.165, 1.54) is 16.5 Å². The van der Waals surface area contributed by atoms with E-state index >= 15 is 0 Å². The molecule has 1 rings (SSSR count). The lowest BCUT2D eigenvalue weighted by Gasteiger charge is -2.21. The summed E-state index contributed by atoms with van der Waals surface area (Å²) >= 11 is 0. The van der Waals surface area contributed by atoms with Gasteiger partial charge in [-0.05, 0) is 13.3 Å². The van der Waals surface area contributed by atoms with Crippen molar-refractivity contribution in [3.05, 3.63) is 20.8 Å². The third-order valence-electron chi connectivity index (χ3n) is 3.20. The zero-order chi connectivity index (χ0) is 16.3. The fourth-order valence-corrected chi connectivity index (χ4v) is 2.02. The Bertz CT molecular complexity index is 644. The number of nitrogen functional groups attached to an aromatic ring is 1. The summed E-state index contributed by atoms with van der Waals surface area (Å²) in [4.78, 5) is 37.5. The SMILES string of the molecule is CCCn1c(N)c(NC(C)C(=O)N(C)C)c(=O)n(C)c1=O. The lowest BCUT2D eigenvalue weighted by atomic mass is 10.2. The predicted octanol–water partition coefficient (Wildman–Crippen LogP) is -0.572. The molecule has 1 amide bonds. The Balaban J connectivity index is 3.34. The normalized spacial score (nSPS) is 12.0. The van der Waals surface area contributed by atoms with E-state index in [-0.39, 0.29) is 17.4 Å². The Morgan fingerprint density at radius 3 is 2.43 bits per heavy atom. The van der Waals surface area contributed by atoms with Crippen LogP contribution >= 0.6 is 0 Å². The maximum atomic E-state index is 12.2. The van der Waals surface area contributed by atoms with Gasteiger partial charge in [-0.3, -0.25) is 18.7 Å². The Labute approximate surface area is 123 Å². The van der Waals surface area contributed by atoms with Gasteiger partial charge in [0.2, 0.25) is 5.91 Å². The topological polar surface area (TPSA) is 102 Å². The number of amides is 1. The minimum Gasteiger partial charge on any atom is -0.383 e. The first-order valence-electron chi connectivity index (χ1n) is 6.79. The molecule has 0 bridgehead atoms. The number of anilines is 2. The van der Waals surface area contributed by atoms with Gasteiger partial charge < -0.3 is 16.0 Å². The number of nitrogens with two attached hydrogens (primary N) is 1.